The van der Waals surface area contributed by atoms with Crippen molar-refractivity contribution in [1.82, 2.24) is 10.3 Å². The highest BCUT2D eigenvalue weighted by atomic mass is 35.5. The van der Waals surface area contributed by atoms with E-state index < -0.39 is 5.41 Å². The Morgan fingerprint density at radius 2 is 2.17 bits per heavy atom. The van der Waals surface area contributed by atoms with Crippen molar-refractivity contribution in [3.05, 3.63) is 40.7 Å². The van der Waals surface area contributed by atoms with Crippen molar-refractivity contribution in [2.75, 3.05) is 12.4 Å². The Kier molecular flexibility index (Phi) is 5.76. The number of rotatable bonds is 6. The Hall–Kier alpha value is -1.46. The predicted molar refractivity (Wildman–Crippen MR) is 93.5 cm³/mol. The Morgan fingerprint density at radius 1 is 1.43 bits per heavy atom. The first kappa shape index (κ1) is 17.9. The Balaban J connectivity index is 2.01. The first-order valence-electron chi connectivity index (χ1n) is 7.40. The smallest absolute Gasteiger partial charge is 0.226 e. The quantitative estimate of drug-likeness (QED) is 0.790. The molecule has 1 amide bonds. The van der Waals surface area contributed by atoms with Crippen LogP contribution >= 0.6 is 22.9 Å². The zero-order valence-corrected chi connectivity index (χ0v) is 15.0. The molecule has 0 atom stereocenters. The second-order valence-corrected chi connectivity index (χ2v) is 7.41. The highest BCUT2D eigenvalue weighted by Crippen LogP contribution is 2.28. The Labute approximate surface area is 144 Å². The summed E-state index contributed by atoms with van der Waals surface area (Å²) in [6, 6.07) is 6.41. The number of hydrogen-bond acceptors (Lipinski definition) is 3. The molecule has 2 aromatic rings. The minimum atomic E-state index is -0.572. The van der Waals surface area contributed by atoms with Gasteiger partial charge in [0.05, 0.1) is 11.1 Å². The summed E-state index contributed by atoms with van der Waals surface area (Å²) in [6.07, 6.45) is 0.697. The topological polar surface area (TPSA) is 42.0 Å². The van der Waals surface area contributed by atoms with Crippen LogP contribution in [0, 0.1) is 18.2 Å². The van der Waals surface area contributed by atoms with Crippen molar-refractivity contribution in [2.45, 2.75) is 27.2 Å². The number of nitrogens with one attached hydrogen (secondary N) is 1. The molecule has 1 aromatic heterocycles. The molecule has 0 fully saturated rings. The highest BCUT2D eigenvalue weighted by molar-refractivity contribution is 7.15. The molecule has 3 nitrogen and oxygen atoms in total. The van der Waals surface area contributed by atoms with E-state index in [4.69, 9.17) is 11.6 Å². The minimum absolute atomic E-state index is 0.0555. The number of amides is 1. The van der Waals surface area contributed by atoms with Crippen molar-refractivity contribution in [1.29, 1.82) is 0 Å². The summed E-state index contributed by atoms with van der Waals surface area (Å²) in [7, 11) is 0. The number of aromatic nitrogens is 1. The number of alkyl halides is 1. The molecule has 0 aliphatic rings. The number of carbonyl (C=O) groups excluding carboxylic acids is 1. The molecule has 0 unspecified atom stereocenters. The molecule has 0 bridgehead atoms. The van der Waals surface area contributed by atoms with Gasteiger partial charge >= 0.3 is 0 Å². The molecule has 1 heterocycles. The third kappa shape index (κ3) is 4.52. The van der Waals surface area contributed by atoms with Gasteiger partial charge in [0.2, 0.25) is 5.91 Å². The summed E-state index contributed by atoms with van der Waals surface area (Å²) in [6.45, 7) is 6.09. The summed E-state index contributed by atoms with van der Waals surface area (Å²) in [5.41, 5.74) is 1.12. The molecule has 2 rings (SSSR count). The summed E-state index contributed by atoms with van der Waals surface area (Å²) >= 11 is 7.32. The van der Waals surface area contributed by atoms with Crippen molar-refractivity contribution in [3.8, 4) is 10.6 Å². The van der Waals surface area contributed by atoms with Crippen LogP contribution in [0.15, 0.2) is 24.3 Å². The van der Waals surface area contributed by atoms with E-state index in [2.05, 4.69) is 10.3 Å². The second kappa shape index (κ2) is 7.41. The molecule has 124 valence electrons. The van der Waals surface area contributed by atoms with E-state index in [1.165, 1.54) is 23.5 Å². The number of thiazole rings is 1. The fourth-order valence-electron chi connectivity index (χ4n) is 1.99. The van der Waals surface area contributed by atoms with E-state index in [1.807, 2.05) is 26.8 Å². The maximum absolute atomic E-state index is 13.3. The Bertz CT molecular complexity index is 700. The Morgan fingerprint density at radius 3 is 2.83 bits per heavy atom. The van der Waals surface area contributed by atoms with Gasteiger partial charge in [0.1, 0.15) is 10.8 Å². The van der Waals surface area contributed by atoms with Crippen LogP contribution in [0.1, 0.15) is 24.4 Å². The molecule has 23 heavy (non-hydrogen) atoms. The predicted octanol–water partition coefficient (Wildman–Crippen LogP) is 4.18. The zero-order valence-electron chi connectivity index (χ0n) is 13.5. The van der Waals surface area contributed by atoms with E-state index >= 15 is 0 Å². The molecule has 0 aliphatic heterocycles. The van der Waals surface area contributed by atoms with Crippen LogP contribution in [0.2, 0.25) is 0 Å². The third-order valence-electron chi connectivity index (χ3n) is 3.55. The lowest BCUT2D eigenvalue weighted by Gasteiger charge is -2.20. The SMILES string of the molecule is Cc1nc(-c2cccc(F)c2)sc1CCNC(=O)C(C)(C)CCl. The van der Waals surface area contributed by atoms with E-state index in [0.717, 1.165) is 21.1 Å². The van der Waals surface area contributed by atoms with Crippen molar-refractivity contribution < 1.29 is 9.18 Å². The number of carbonyl (C=O) groups is 1. The number of hydrogen-bond donors (Lipinski definition) is 1. The van der Waals surface area contributed by atoms with E-state index in [9.17, 15) is 9.18 Å². The standard InChI is InChI=1S/C17H20ClFN2OS/c1-11-14(7-8-20-16(22)17(2,3)10-18)23-15(21-11)12-5-4-6-13(19)9-12/h4-6,9H,7-8,10H2,1-3H3,(H,20,22). The van der Waals surface area contributed by atoms with Gasteiger partial charge in [-0.3, -0.25) is 4.79 Å². The van der Waals surface area contributed by atoms with Crippen LogP contribution in [-0.2, 0) is 11.2 Å². The second-order valence-electron chi connectivity index (χ2n) is 6.06. The van der Waals surface area contributed by atoms with Gasteiger partial charge in [-0.2, -0.15) is 0 Å². The van der Waals surface area contributed by atoms with Crippen LogP contribution in [0.3, 0.4) is 0 Å². The lowest BCUT2D eigenvalue weighted by molar-refractivity contribution is -0.128. The molecular weight excluding hydrogens is 335 g/mol. The molecule has 0 saturated carbocycles. The van der Waals surface area contributed by atoms with E-state index in [-0.39, 0.29) is 17.6 Å². The maximum Gasteiger partial charge on any atom is 0.226 e. The molecule has 0 aliphatic carbocycles. The average molecular weight is 355 g/mol. The molecule has 1 aromatic carbocycles. The highest BCUT2D eigenvalue weighted by Gasteiger charge is 2.25. The van der Waals surface area contributed by atoms with Gasteiger partial charge in [-0.1, -0.05) is 12.1 Å². The largest absolute Gasteiger partial charge is 0.355 e. The maximum atomic E-state index is 13.3. The van der Waals surface area contributed by atoms with Crippen LogP contribution in [-0.4, -0.2) is 23.3 Å². The lowest BCUT2D eigenvalue weighted by atomic mass is 9.95. The molecule has 0 spiro atoms. The van der Waals surface area contributed by atoms with Gasteiger partial charge in [0.25, 0.3) is 0 Å². The van der Waals surface area contributed by atoms with Gasteiger partial charge in [-0.15, -0.1) is 22.9 Å². The molecule has 0 saturated heterocycles. The molecular formula is C17H20ClFN2OS. The van der Waals surface area contributed by atoms with Crippen molar-refractivity contribution >= 4 is 28.8 Å². The fraction of sp³-hybridized carbons (Fsp3) is 0.412. The van der Waals surface area contributed by atoms with Gasteiger partial charge in [0.15, 0.2) is 0 Å². The summed E-state index contributed by atoms with van der Waals surface area (Å²) in [4.78, 5) is 17.6. The summed E-state index contributed by atoms with van der Waals surface area (Å²) in [5.74, 6) is -0.0465. The zero-order chi connectivity index (χ0) is 17.0. The van der Waals surface area contributed by atoms with Crippen LogP contribution in [0.5, 0.6) is 0 Å². The van der Waals surface area contributed by atoms with Crippen LogP contribution in [0.25, 0.3) is 10.6 Å². The number of halogens is 2. The average Bonchev–Trinajstić information content (AvgIpc) is 2.88. The number of nitrogens with zero attached hydrogens (tertiary/aromatic N) is 1. The van der Waals surface area contributed by atoms with Gasteiger partial charge in [-0.25, -0.2) is 9.37 Å². The van der Waals surface area contributed by atoms with Gasteiger partial charge in [-0.05, 0) is 32.9 Å². The molecule has 1 N–H and O–H groups in total. The summed E-state index contributed by atoms with van der Waals surface area (Å²) < 4.78 is 13.3. The molecule has 0 radical (unpaired) electrons. The number of benzene rings is 1. The lowest BCUT2D eigenvalue weighted by Crippen LogP contribution is -2.39. The van der Waals surface area contributed by atoms with Crippen molar-refractivity contribution in [2.24, 2.45) is 5.41 Å². The van der Waals surface area contributed by atoms with E-state index in [0.29, 0.717) is 13.0 Å². The van der Waals surface area contributed by atoms with Gasteiger partial charge < -0.3 is 5.32 Å². The van der Waals surface area contributed by atoms with Crippen molar-refractivity contribution in [3.63, 3.8) is 0 Å². The van der Waals surface area contributed by atoms with Crippen LogP contribution < -0.4 is 5.32 Å². The normalized spacial score (nSPS) is 11.5. The first-order chi connectivity index (χ1) is 10.8. The number of aryl methyl sites for hydroxylation is 1. The first-order valence-corrected chi connectivity index (χ1v) is 8.75. The monoisotopic (exact) mass is 354 g/mol. The summed E-state index contributed by atoms with van der Waals surface area (Å²) in [5, 5.41) is 3.70. The fourth-order valence-corrected chi connectivity index (χ4v) is 3.17. The van der Waals surface area contributed by atoms with Crippen LogP contribution in [0.4, 0.5) is 4.39 Å². The third-order valence-corrected chi connectivity index (χ3v) is 5.49. The van der Waals surface area contributed by atoms with Gasteiger partial charge in [0, 0.05) is 29.3 Å². The molecule has 6 heteroatoms. The minimum Gasteiger partial charge on any atom is -0.355 e. The van der Waals surface area contributed by atoms with E-state index in [1.54, 1.807) is 6.07 Å².